The Hall–Kier alpha value is -2.72. The van der Waals surface area contributed by atoms with Crippen LogP contribution in [-0.2, 0) is 9.84 Å². The van der Waals surface area contributed by atoms with Crippen molar-refractivity contribution in [2.75, 3.05) is 6.26 Å². The molecule has 0 aliphatic heterocycles. The van der Waals surface area contributed by atoms with E-state index in [1.54, 1.807) is 0 Å². The number of rotatable bonds is 5. The molecule has 0 aliphatic carbocycles. The van der Waals surface area contributed by atoms with Crippen LogP contribution in [0.2, 0.25) is 0 Å². The summed E-state index contributed by atoms with van der Waals surface area (Å²) in [5.74, 6) is 0.306. The first-order valence-electron chi connectivity index (χ1n) is 7.31. The molecule has 0 radical (unpaired) electrons. The number of hydrogen-bond donors (Lipinski definition) is 0. The molecule has 0 unspecified atom stereocenters. The molecule has 0 saturated carbocycles. The van der Waals surface area contributed by atoms with E-state index in [0.717, 1.165) is 35.2 Å². The maximum absolute atomic E-state index is 11.6. The second-order valence-corrected chi connectivity index (χ2v) is 8.46. The average Bonchev–Trinajstić information content (AvgIpc) is 3.02. The van der Waals surface area contributed by atoms with Crippen molar-refractivity contribution in [1.82, 2.24) is 10.2 Å². The summed E-state index contributed by atoms with van der Waals surface area (Å²) in [5, 5.41) is 19.3. The molecule has 1 heterocycles. The summed E-state index contributed by atoms with van der Waals surface area (Å²) < 4.78 is 28.8. The fourth-order valence-corrected chi connectivity index (χ4v) is 3.63. The molecule has 0 bridgehead atoms. The van der Waals surface area contributed by atoms with Crippen LogP contribution >= 0.6 is 11.8 Å². The predicted molar refractivity (Wildman–Crippen MR) is 94.8 cm³/mol. The lowest BCUT2D eigenvalue weighted by Gasteiger charge is -2.03. The van der Waals surface area contributed by atoms with Crippen molar-refractivity contribution >= 4 is 27.3 Å². The van der Waals surface area contributed by atoms with Crippen LogP contribution < -0.4 is 0 Å². The maximum atomic E-state index is 11.6. The molecule has 26 heavy (non-hydrogen) atoms. The van der Waals surface area contributed by atoms with Crippen molar-refractivity contribution in [3.63, 3.8) is 0 Å². The van der Waals surface area contributed by atoms with E-state index >= 15 is 0 Å². The molecule has 0 N–H and O–H groups in total. The first kappa shape index (κ1) is 18.1. The van der Waals surface area contributed by atoms with Gasteiger partial charge in [0.2, 0.25) is 5.89 Å². The normalized spacial score (nSPS) is 11.5. The van der Waals surface area contributed by atoms with Gasteiger partial charge in [-0.3, -0.25) is 10.1 Å². The van der Waals surface area contributed by atoms with E-state index < -0.39 is 14.8 Å². The van der Waals surface area contributed by atoms with Gasteiger partial charge in [-0.2, -0.15) is 0 Å². The summed E-state index contributed by atoms with van der Waals surface area (Å²) in [6.45, 7) is 1.90. The summed E-state index contributed by atoms with van der Waals surface area (Å²) in [6.07, 6.45) is 0.991. The number of nitro groups is 1. The molecule has 3 aromatic rings. The Morgan fingerprint density at radius 3 is 2.54 bits per heavy atom. The van der Waals surface area contributed by atoms with E-state index in [1.165, 1.54) is 12.1 Å². The summed E-state index contributed by atoms with van der Waals surface area (Å²) in [7, 11) is -3.55. The lowest BCUT2D eigenvalue weighted by atomic mass is 10.1. The van der Waals surface area contributed by atoms with Crippen LogP contribution in [-0.4, -0.2) is 29.8 Å². The zero-order valence-corrected chi connectivity index (χ0v) is 15.4. The maximum Gasteiger partial charge on any atom is 0.284 e. The van der Waals surface area contributed by atoms with Crippen molar-refractivity contribution in [2.24, 2.45) is 0 Å². The largest absolute Gasteiger partial charge is 0.411 e. The Balaban J connectivity index is 1.95. The van der Waals surface area contributed by atoms with E-state index in [-0.39, 0.29) is 20.7 Å². The van der Waals surface area contributed by atoms with E-state index in [4.69, 9.17) is 4.42 Å². The van der Waals surface area contributed by atoms with Gasteiger partial charge < -0.3 is 4.42 Å². The Morgan fingerprint density at radius 1 is 1.15 bits per heavy atom. The van der Waals surface area contributed by atoms with Gasteiger partial charge in [0.05, 0.1) is 14.7 Å². The van der Waals surface area contributed by atoms with Gasteiger partial charge in [-0.15, -0.1) is 10.2 Å². The Labute approximate surface area is 153 Å². The third-order valence-corrected chi connectivity index (χ3v) is 5.55. The number of aryl methyl sites for hydroxylation is 1. The Kier molecular flexibility index (Phi) is 4.79. The topological polar surface area (TPSA) is 116 Å². The van der Waals surface area contributed by atoms with Crippen LogP contribution in [0.5, 0.6) is 0 Å². The standard InChI is InChI=1S/C16H13N3O5S2/c1-10-5-3-4-6-12(10)15-17-18-16(24-15)25-14-8-7-11(26(2,22)23)9-13(14)19(20)21/h3-9H,1-2H3. The highest BCUT2D eigenvalue weighted by molar-refractivity contribution is 7.99. The van der Waals surface area contributed by atoms with Crippen molar-refractivity contribution in [3.05, 3.63) is 58.1 Å². The number of hydrogen-bond acceptors (Lipinski definition) is 8. The molecular formula is C16H13N3O5S2. The third-order valence-electron chi connectivity index (χ3n) is 3.53. The molecule has 3 rings (SSSR count). The molecule has 10 heteroatoms. The molecule has 0 fully saturated rings. The lowest BCUT2D eigenvalue weighted by molar-refractivity contribution is -0.388. The lowest BCUT2D eigenvalue weighted by Crippen LogP contribution is -1.99. The number of nitro benzene ring substituents is 1. The van der Waals surface area contributed by atoms with Gasteiger partial charge in [0.25, 0.3) is 10.9 Å². The molecule has 0 spiro atoms. The monoisotopic (exact) mass is 391 g/mol. The predicted octanol–water partition coefficient (Wildman–Crippen LogP) is 3.51. The fraction of sp³-hybridized carbons (Fsp3) is 0.125. The fourth-order valence-electron chi connectivity index (χ4n) is 2.22. The molecule has 1 aromatic heterocycles. The summed E-state index contributed by atoms with van der Waals surface area (Å²) in [4.78, 5) is 10.7. The minimum Gasteiger partial charge on any atom is -0.411 e. The third kappa shape index (κ3) is 3.75. The highest BCUT2D eigenvalue weighted by Gasteiger charge is 2.21. The van der Waals surface area contributed by atoms with Crippen molar-refractivity contribution in [3.8, 4) is 11.5 Å². The summed E-state index contributed by atoms with van der Waals surface area (Å²) in [6, 6.07) is 11.2. The quantitative estimate of drug-likeness (QED) is 0.479. The van der Waals surface area contributed by atoms with Crippen LogP contribution in [0.25, 0.3) is 11.5 Å². The second-order valence-electron chi connectivity index (χ2n) is 5.45. The van der Waals surface area contributed by atoms with Crippen LogP contribution in [0, 0.1) is 17.0 Å². The second kappa shape index (κ2) is 6.89. The van der Waals surface area contributed by atoms with Gasteiger partial charge >= 0.3 is 0 Å². The first-order chi connectivity index (χ1) is 12.3. The average molecular weight is 391 g/mol. The van der Waals surface area contributed by atoms with Crippen LogP contribution in [0.4, 0.5) is 5.69 Å². The van der Waals surface area contributed by atoms with Crippen LogP contribution in [0.1, 0.15) is 5.56 Å². The van der Waals surface area contributed by atoms with Gasteiger partial charge in [-0.1, -0.05) is 18.2 Å². The molecule has 2 aromatic carbocycles. The number of aromatic nitrogens is 2. The van der Waals surface area contributed by atoms with E-state index in [0.29, 0.717) is 5.89 Å². The van der Waals surface area contributed by atoms with Crippen molar-refractivity contribution in [1.29, 1.82) is 0 Å². The molecule has 0 aliphatic rings. The Morgan fingerprint density at radius 2 is 1.88 bits per heavy atom. The Bertz CT molecular complexity index is 1090. The minimum atomic E-state index is -3.55. The van der Waals surface area contributed by atoms with Crippen molar-refractivity contribution < 1.29 is 17.8 Å². The van der Waals surface area contributed by atoms with Gasteiger partial charge in [-0.25, -0.2) is 8.42 Å². The molecule has 0 atom stereocenters. The van der Waals surface area contributed by atoms with Gasteiger partial charge in [0, 0.05) is 17.9 Å². The highest BCUT2D eigenvalue weighted by Crippen LogP contribution is 2.36. The molecule has 134 valence electrons. The zero-order valence-electron chi connectivity index (χ0n) is 13.7. The smallest absolute Gasteiger partial charge is 0.284 e. The number of sulfone groups is 1. The SMILES string of the molecule is Cc1ccccc1-c1nnc(Sc2ccc(S(C)(=O)=O)cc2[N+](=O)[O-])o1. The first-order valence-corrected chi connectivity index (χ1v) is 10.0. The summed E-state index contributed by atoms with van der Waals surface area (Å²) in [5.41, 5.74) is 1.39. The zero-order chi connectivity index (χ0) is 18.9. The van der Waals surface area contributed by atoms with Gasteiger partial charge in [0.1, 0.15) is 0 Å². The molecule has 0 amide bonds. The highest BCUT2D eigenvalue weighted by atomic mass is 32.2. The molecule has 0 saturated heterocycles. The minimum absolute atomic E-state index is 0.124. The van der Waals surface area contributed by atoms with Crippen molar-refractivity contribution in [2.45, 2.75) is 21.9 Å². The van der Waals surface area contributed by atoms with Gasteiger partial charge in [-0.05, 0) is 42.4 Å². The molecular weight excluding hydrogens is 378 g/mol. The van der Waals surface area contributed by atoms with E-state index in [9.17, 15) is 18.5 Å². The van der Waals surface area contributed by atoms with Crippen LogP contribution in [0.15, 0.2) is 61.9 Å². The molecule has 8 nitrogen and oxygen atoms in total. The summed E-state index contributed by atoms with van der Waals surface area (Å²) >= 11 is 0.906. The number of benzene rings is 2. The number of nitrogens with zero attached hydrogens (tertiary/aromatic N) is 3. The van der Waals surface area contributed by atoms with E-state index in [2.05, 4.69) is 10.2 Å². The van der Waals surface area contributed by atoms with E-state index in [1.807, 2.05) is 31.2 Å². The van der Waals surface area contributed by atoms with Crippen LogP contribution in [0.3, 0.4) is 0 Å². The van der Waals surface area contributed by atoms with Gasteiger partial charge in [0.15, 0.2) is 9.84 Å².